The molecule has 0 fully saturated rings. The molecule has 41 heavy (non-hydrogen) atoms. The first-order valence-electron chi connectivity index (χ1n) is 14.0. The van der Waals surface area contributed by atoms with Gasteiger partial charge >= 0.3 is 0 Å². The molecule has 1 aliphatic heterocycles. The molecule has 0 atom stereocenters. The lowest BCUT2D eigenvalue weighted by molar-refractivity contribution is 0.976. The largest absolute Gasteiger partial charge is 0.387 e. The maximum atomic E-state index is 4.21. The Morgan fingerprint density at radius 1 is 0.585 bits per heavy atom. The van der Waals surface area contributed by atoms with E-state index in [-0.39, 0.29) is 0 Å². The summed E-state index contributed by atoms with van der Waals surface area (Å²) in [6, 6.07) is 41.9. The van der Waals surface area contributed by atoms with Gasteiger partial charge in [0, 0.05) is 40.8 Å². The van der Waals surface area contributed by atoms with Crippen LogP contribution in [0.2, 0.25) is 0 Å². The normalized spacial score (nSPS) is 13.0. The van der Waals surface area contributed by atoms with Gasteiger partial charge in [0.2, 0.25) is 0 Å². The molecule has 3 heterocycles. The maximum absolute atomic E-state index is 4.21. The third kappa shape index (κ3) is 4.02. The Morgan fingerprint density at radius 2 is 1.34 bits per heavy atom. The van der Waals surface area contributed by atoms with Crippen molar-refractivity contribution < 1.29 is 0 Å². The van der Waals surface area contributed by atoms with Crippen LogP contribution in [0, 0.1) is 0 Å². The van der Waals surface area contributed by atoms with Gasteiger partial charge in [-0.15, -0.1) is 0 Å². The van der Waals surface area contributed by atoms with E-state index in [2.05, 4.69) is 142 Å². The number of benzene rings is 5. The number of hydrogen-bond donors (Lipinski definition) is 1. The van der Waals surface area contributed by atoms with Crippen molar-refractivity contribution in [2.45, 2.75) is 0 Å². The molecule has 3 nitrogen and oxygen atoms in total. The summed E-state index contributed by atoms with van der Waals surface area (Å²) >= 11 is 0. The van der Waals surface area contributed by atoms with E-state index in [1.54, 1.807) is 0 Å². The van der Waals surface area contributed by atoms with E-state index in [9.17, 15) is 0 Å². The van der Waals surface area contributed by atoms with Crippen molar-refractivity contribution in [2.75, 3.05) is 6.54 Å². The molecule has 7 aromatic rings. The number of allylic oxidation sites excluding steroid dienone is 2. The second kappa shape index (κ2) is 9.65. The first-order chi connectivity index (χ1) is 20.3. The molecule has 0 amide bonds. The van der Waals surface area contributed by atoms with E-state index in [1.807, 2.05) is 18.6 Å². The standard InChI is InChI=1S/C38H27N3/c1-2-7-33(8-3-1)41-37-25-31(27-17-21-40-22-18-27)10-13-35(37)36-14-11-32-24-30(9-12-34(32)38(36)41)29-6-4-5-28(23-29)26-15-19-39-20-16-26/h1-19,21-25,39H,20H2. The van der Waals surface area contributed by atoms with Crippen molar-refractivity contribution in [2.24, 2.45) is 0 Å². The van der Waals surface area contributed by atoms with Crippen LogP contribution < -0.4 is 5.32 Å². The van der Waals surface area contributed by atoms with Gasteiger partial charge in [0.25, 0.3) is 0 Å². The summed E-state index contributed by atoms with van der Waals surface area (Å²) in [6.07, 6.45) is 10.1. The Balaban J connectivity index is 1.34. The second-order valence-corrected chi connectivity index (χ2v) is 10.5. The van der Waals surface area contributed by atoms with Crippen LogP contribution in [0.1, 0.15) is 5.56 Å². The second-order valence-electron chi connectivity index (χ2n) is 10.5. The minimum Gasteiger partial charge on any atom is -0.387 e. The fourth-order valence-electron chi connectivity index (χ4n) is 6.13. The fourth-order valence-corrected chi connectivity index (χ4v) is 6.13. The first-order valence-corrected chi connectivity index (χ1v) is 14.0. The molecular formula is C38H27N3. The van der Waals surface area contributed by atoms with E-state index in [0.717, 1.165) is 12.2 Å². The van der Waals surface area contributed by atoms with Gasteiger partial charge in [-0.05, 0) is 93.5 Å². The van der Waals surface area contributed by atoms with Gasteiger partial charge in [0.05, 0.1) is 11.0 Å². The Morgan fingerprint density at radius 3 is 2.17 bits per heavy atom. The molecule has 2 aromatic heterocycles. The van der Waals surface area contributed by atoms with Crippen LogP contribution in [0.15, 0.2) is 146 Å². The van der Waals surface area contributed by atoms with Gasteiger partial charge in [-0.2, -0.15) is 0 Å². The number of pyridine rings is 1. The van der Waals surface area contributed by atoms with Crippen LogP contribution in [0.4, 0.5) is 0 Å². The van der Waals surface area contributed by atoms with Crippen molar-refractivity contribution in [3.05, 3.63) is 152 Å². The smallest absolute Gasteiger partial charge is 0.0619 e. The van der Waals surface area contributed by atoms with E-state index >= 15 is 0 Å². The quantitative estimate of drug-likeness (QED) is 0.248. The summed E-state index contributed by atoms with van der Waals surface area (Å²) in [4.78, 5) is 4.21. The number of nitrogens with zero attached hydrogens (tertiary/aromatic N) is 2. The number of fused-ring (bicyclic) bond motifs is 5. The molecule has 8 rings (SSSR count). The lowest BCUT2D eigenvalue weighted by atomic mass is 9.96. The van der Waals surface area contributed by atoms with E-state index in [1.165, 1.54) is 66.0 Å². The van der Waals surface area contributed by atoms with Gasteiger partial charge in [0.1, 0.15) is 0 Å². The molecule has 0 unspecified atom stereocenters. The zero-order chi connectivity index (χ0) is 27.2. The number of aromatic nitrogens is 2. The third-order valence-corrected chi connectivity index (χ3v) is 8.12. The van der Waals surface area contributed by atoms with E-state index < -0.39 is 0 Å². The lowest BCUT2D eigenvalue weighted by Gasteiger charge is -2.12. The highest BCUT2D eigenvalue weighted by atomic mass is 15.0. The maximum Gasteiger partial charge on any atom is 0.0619 e. The number of nitrogens with one attached hydrogen (secondary N) is 1. The fraction of sp³-hybridized carbons (Fsp3) is 0.0263. The Kier molecular flexibility index (Phi) is 5.53. The molecule has 0 saturated carbocycles. The molecule has 0 aliphatic carbocycles. The van der Waals surface area contributed by atoms with Crippen molar-refractivity contribution >= 4 is 38.2 Å². The van der Waals surface area contributed by atoms with Crippen molar-refractivity contribution in [3.63, 3.8) is 0 Å². The molecule has 0 bridgehead atoms. The van der Waals surface area contributed by atoms with Crippen LogP contribution >= 0.6 is 0 Å². The summed E-state index contributed by atoms with van der Waals surface area (Å²) < 4.78 is 2.42. The zero-order valence-electron chi connectivity index (χ0n) is 22.5. The summed E-state index contributed by atoms with van der Waals surface area (Å²) in [5, 5.41) is 8.23. The number of hydrogen-bond acceptors (Lipinski definition) is 2. The van der Waals surface area contributed by atoms with Gasteiger partial charge < -0.3 is 9.88 Å². The molecular weight excluding hydrogens is 498 g/mol. The molecule has 0 saturated heterocycles. The van der Waals surface area contributed by atoms with Gasteiger partial charge in [0.15, 0.2) is 0 Å². The van der Waals surface area contributed by atoms with Crippen molar-refractivity contribution in [1.82, 2.24) is 14.9 Å². The number of dihydropyridines is 1. The Bertz CT molecular complexity index is 2130. The minimum atomic E-state index is 0.863. The van der Waals surface area contributed by atoms with Crippen LogP contribution in [-0.2, 0) is 0 Å². The highest BCUT2D eigenvalue weighted by Gasteiger charge is 2.16. The highest BCUT2D eigenvalue weighted by Crippen LogP contribution is 2.39. The predicted molar refractivity (Wildman–Crippen MR) is 172 cm³/mol. The van der Waals surface area contributed by atoms with E-state index in [4.69, 9.17) is 0 Å². The topological polar surface area (TPSA) is 29.9 Å². The molecule has 194 valence electrons. The third-order valence-electron chi connectivity index (χ3n) is 8.12. The van der Waals surface area contributed by atoms with Crippen LogP contribution in [0.5, 0.6) is 0 Å². The van der Waals surface area contributed by atoms with Crippen LogP contribution in [0.3, 0.4) is 0 Å². The Hall–Kier alpha value is -5.41. The first kappa shape index (κ1) is 23.5. The Labute approximate surface area is 238 Å². The molecule has 3 heteroatoms. The summed E-state index contributed by atoms with van der Waals surface area (Å²) in [6.45, 7) is 0.863. The SMILES string of the molecule is C1=CC(c2cccc(-c3ccc4c(ccc5c6ccc(-c7ccncc7)cc6n(-c6ccccc6)c45)c3)c2)=CCN1. The zero-order valence-corrected chi connectivity index (χ0v) is 22.5. The van der Waals surface area contributed by atoms with Crippen molar-refractivity contribution in [1.29, 1.82) is 0 Å². The molecule has 5 aromatic carbocycles. The number of para-hydroxylation sites is 1. The van der Waals surface area contributed by atoms with Crippen LogP contribution in [0.25, 0.3) is 66.1 Å². The highest BCUT2D eigenvalue weighted by molar-refractivity contribution is 6.19. The van der Waals surface area contributed by atoms with Crippen molar-refractivity contribution in [3.8, 4) is 27.9 Å². The van der Waals surface area contributed by atoms with E-state index in [0.29, 0.717) is 0 Å². The van der Waals surface area contributed by atoms with Crippen LogP contribution in [-0.4, -0.2) is 16.1 Å². The summed E-state index contributed by atoms with van der Waals surface area (Å²) in [7, 11) is 0. The molecule has 0 spiro atoms. The summed E-state index contributed by atoms with van der Waals surface area (Å²) in [5.41, 5.74) is 10.9. The molecule has 1 N–H and O–H groups in total. The summed E-state index contributed by atoms with van der Waals surface area (Å²) in [5.74, 6) is 0. The number of rotatable bonds is 4. The minimum absolute atomic E-state index is 0.863. The lowest BCUT2D eigenvalue weighted by Crippen LogP contribution is -2.08. The molecule has 0 radical (unpaired) electrons. The monoisotopic (exact) mass is 525 g/mol. The predicted octanol–water partition coefficient (Wildman–Crippen LogP) is 9.17. The average molecular weight is 526 g/mol. The molecule has 1 aliphatic rings. The van der Waals surface area contributed by atoms with Gasteiger partial charge in [-0.1, -0.05) is 78.9 Å². The van der Waals surface area contributed by atoms with Gasteiger partial charge in [-0.25, -0.2) is 0 Å². The van der Waals surface area contributed by atoms with Gasteiger partial charge in [-0.3, -0.25) is 4.98 Å². The average Bonchev–Trinajstić information content (AvgIpc) is 3.40.